The van der Waals surface area contributed by atoms with Crippen molar-refractivity contribution in [2.45, 2.75) is 6.17 Å². The van der Waals surface area contributed by atoms with Gasteiger partial charge < -0.3 is 10.1 Å². The van der Waals surface area contributed by atoms with E-state index in [-0.39, 0.29) is 6.17 Å². The molecule has 1 heterocycles. The Morgan fingerprint density at radius 3 is 3.00 bits per heavy atom. The Morgan fingerprint density at radius 2 is 2.36 bits per heavy atom. The van der Waals surface area contributed by atoms with E-state index < -0.39 is 6.03 Å². The van der Waals surface area contributed by atoms with Crippen LogP contribution in [0.5, 0.6) is 5.75 Å². The van der Waals surface area contributed by atoms with Gasteiger partial charge in [-0.05, 0) is 12.1 Å². The zero-order chi connectivity index (χ0) is 9.97. The normalized spacial score (nSPS) is 19.5. The average Bonchev–Trinajstić information content (AvgIpc) is 2.65. The molecule has 0 saturated heterocycles. The summed E-state index contributed by atoms with van der Waals surface area (Å²) in [4.78, 5) is 10.8. The van der Waals surface area contributed by atoms with Crippen molar-refractivity contribution in [1.29, 1.82) is 0 Å². The molecule has 2 rings (SSSR count). The van der Waals surface area contributed by atoms with E-state index >= 15 is 0 Å². The molecule has 1 N–H and O–H groups in total. The number of carbonyl (C=O) groups is 1. The van der Waals surface area contributed by atoms with Gasteiger partial charge in [0.2, 0.25) is 0 Å². The zero-order valence-electron chi connectivity index (χ0n) is 7.60. The Hall–Kier alpha value is -1.91. The molecule has 14 heavy (non-hydrogen) atoms. The van der Waals surface area contributed by atoms with E-state index in [0.717, 1.165) is 11.3 Å². The molecule has 0 fully saturated rings. The van der Waals surface area contributed by atoms with Gasteiger partial charge in [0.1, 0.15) is 5.75 Å². The minimum atomic E-state index is -0.405. The summed E-state index contributed by atoms with van der Waals surface area (Å²) in [6, 6.07) is 6.94. The summed E-state index contributed by atoms with van der Waals surface area (Å²) in [5.74, 6) is 0.735. The number of rotatable bonds is 2. The van der Waals surface area contributed by atoms with Gasteiger partial charge >= 0.3 is 6.03 Å². The van der Waals surface area contributed by atoms with Crippen LogP contribution in [-0.2, 0) is 0 Å². The van der Waals surface area contributed by atoms with Crippen LogP contribution in [-0.4, -0.2) is 13.1 Å². The Kier molecular flexibility index (Phi) is 2.14. The first-order chi connectivity index (χ1) is 6.79. The van der Waals surface area contributed by atoms with Crippen molar-refractivity contribution in [2.24, 2.45) is 10.2 Å². The summed E-state index contributed by atoms with van der Waals surface area (Å²) in [5.41, 5.74) is 0.860. The molecule has 1 aromatic rings. The summed E-state index contributed by atoms with van der Waals surface area (Å²) in [6.07, 6.45) is -0.377. The average molecular weight is 191 g/mol. The molecule has 5 nitrogen and oxygen atoms in total. The Bertz CT molecular complexity index is 389. The van der Waals surface area contributed by atoms with Crippen LogP contribution in [0.4, 0.5) is 4.79 Å². The smallest absolute Gasteiger partial charge is 0.361 e. The van der Waals surface area contributed by atoms with E-state index in [1.165, 1.54) is 0 Å². The van der Waals surface area contributed by atoms with Gasteiger partial charge in [0.25, 0.3) is 0 Å². The highest BCUT2D eigenvalue weighted by Crippen LogP contribution is 2.22. The molecular weight excluding hydrogens is 182 g/mol. The van der Waals surface area contributed by atoms with Crippen molar-refractivity contribution in [3.63, 3.8) is 0 Å². The highest BCUT2D eigenvalue weighted by atomic mass is 16.5. The van der Waals surface area contributed by atoms with Gasteiger partial charge in [-0.3, -0.25) is 0 Å². The predicted molar refractivity (Wildman–Crippen MR) is 49.1 cm³/mol. The van der Waals surface area contributed by atoms with Crippen LogP contribution in [0.25, 0.3) is 0 Å². The number of nitrogens with one attached hydrogen (secondary N) is 1. The third kappa shape index (κ3) is 1.56. The van der Waals surface area contributed by atoms with Crippen LogP contribution in [0.3, 0.4) is 0 Å². The molecule has 72 valence electrons. The molecule has 2 amide bonds. The fourth-order valence-corrected chi connectivity index (χ4v) is 1.25. The van der Waals surface area contributed by atoms with Crippen molar-refractivity contribution in [2.75, 3.05) is 7.11 Å². The predicted octanol–water partition coefficient (Wildman–Crippen LogP) is 1.87. The number of methoxy groups -OCH3 is 1. The molecule has 1 aromatic carbocycles. The number of ether oxygens (including phenoxy) is 1. The van der Waals surface area contributed by atoms with Gasteiger partial charge in [0.15, 0.2) is 6.17 Å². The maximum Gasteiger partial charge on any atom is 0.361 e. The fourth-order valence-electron chi connectivity index (χ4n) is 1.25. The van der Waals surface area contributed by atoms with Crippen LogP contribution in [0.2, 0.25) is 0 Å². The van der Waals surface area contributed by atoms with Crippen molar-refractivity contribution in [3.05, 3.63) is 29.8 Å². The Labute approximate surface area is 80.8 Å². The first kappa shape index (κ1) is 8.68. The molecule has 0 aromatic heterocycles. The lowest BCUT2D eigenvalue weighted by Gasteiger charge is -2.07. The van der Waals surface area contributed by atoms with Crippen LogP contribution in [0.15, 0.2) is 34.5 Å². The van der Waals surface area contributed by atoms with E-state index in [4.69, 9.17) is 4.74 Å². The molecule has 0 saturated carbocycles. The lowest BCUT2D eigenvalue weighted by Crippen LogP contribution is -2.17. The first-order valence-corrected chi connectivity index (χ1v) is 4.15. The van der Waals surface area contributed by atoms with E-state index in [2.05, 4.69) is 15.5 Å². The number of hydrogen-bond donors (Lipinski definition) is 1. The Morgan fingerprint density at radius 1 is 1.50 bits per heavy atom. The van der Waals surface area contributed by atoms with Crippen molar-refractivity contribution in [1.82, 2.24) is 5.32 Å². The second-order valence-corrected chi connectivity index (χ2v) is 2.84. The quantitative estimate of drug-likeness (QED) is 0.775. The number of urea groups is 1. The first-order valence-electron chi connectivity index (χ1n) is 4.15. The summed E-state index contributed by atoms with van der Waals surface area (Å²) in [7, 11) is 1.59. The number of carbonyl (C=O) groups excluding carboxylic acids is 1. The molecule has 0 spiro atoms. The highest BCUT2D eigenvalue weighted by Gasteiger charge is 2.19. The second kappa shape index (κ2) is 3.45. The van der Waals surface area contributed by atoms with Crippen LogP contribution < -0.4 is 10.1 Å². The van der Waals surface area contributed by atoms with Crippen molar-refractivity contribution >= 4 is 6.03 Å². The van der Waals surface area contributed by atoms with Crippen LogP contribution >= 0.6 is 0 Å². The van der Waals surface area contributed by atoms with E-state index in [0.29, 0.717) is 0 Å². The largest absolute Gasteiger partial charge is 0.497 e. The Balaban J connectivity index is 2.24. The van der Waals surface area contributed by atoms with Crippen molar-refractivity contribution in [3.8, 4) is 5.75 Å². The van der Waals surface area contributed by atoms with Crippen LogP contribution in [0, 0.1) is 0 Å². The van der Waals surface area contributed by atoms with E-state index in [1.54, 1.807) is 7.11 Å². The molecule has 5 heteroatoms. The number of amides is 2. The van der Waals surface area contributed by atoms with Gasteiger partial charge in [-0.25, -0.2) is 4.79 Å². The third-order valence-corrected chi connectivity index (χ3v) is 1.93. The van der Waals surface area contributed by atoms with Crippen molar-refractivity contribution < 1.29 is 9.53 Å². The van der Waals surface area contributed by atoms with Gasteiger partial charge in [-0.1, -0.05) is 17.2 Å². The van der Waals surface area contributed by atoms with Gasteiger partial charge in [-0.15, -0.1) is 0 Å². The monoisotopic (exact) mass is 191 g/mol. The molecule has 1 aliphatic heterocycles. The number of azo groups is 1. The van der Waals surface area contributed by atoms with E-state index in [9.17, 15) is 4.79 Å². The maximum absolute atomic E-state index is 10.8. The molecule has 0 radical (unpaired) electrons. The summed E-state index contributed by atoms with van der Waals surface area (Å²) < 4.78 is 5.06. The SMILES string of the molecule is COc1cccc(C2N=NC(=O)N2)c1. The number of nitrogens with zero attached hydrogens (tertiary/aromatic N) is 2. The van der Waals surface area contributed by atoms with Gasteiger partial charge in [0, 0.05) is 5.56 Å². The lowest BCUT2D eigenvalue weighted by molar-refractivity contribution is 0.250. The number of benzene rings is 1. The summed E-state index contributed by atoms with van der Waals surface area (Å²) in [5, 5.41) is 9.75. The standard InChI is InChI=1S/C9H9N3O2/c1-14-7-4-2-3-6(5-7)8-10-9(13)12-11-8/h2-5,8H,1H3,(H,10,13). The van der Waals surface area contributed by atoms with Gasteiger partial charge in [0.05, 0.1) is 7.11 Å². The molecule has 1 unspecified atom stereocenters. The molecule has 1 atom stereocenters. The fraction of sp³-hybridized carbons (Fsp3) is 0.222. The number of hydrogen-bond acceptors (Lipinski definition) is 3. The molecular formula is C9H9N3O2. The molecule has 0 bridgehead atoms. The summed E-state index contributed by atoms with van der Waals surface area (Å²) in [6.45, 7) is 0. The second-order valence-electron chi connectivity index (χ2n) is 2.84. The highest BCUT2D eigenvalue weighted by molar-refractivity contribution is 5.76. The lowest BCUT2D eigenvalue weighted by atomic mass is 10.2. The minimum Gasteiger partial charge on any atom is -0.497 e. The molecule has 0 aliphatic carbocycles. The minimum absolute atomic E-state index is 0.377. The topological polar surface area (TPSA) is 63.1 Å². The molecule has 1 aliphatic rings. The summed E-state index contributed by atoms with van der Waals surface area (Å²) >= 11 is 0. The van der Waals surface area contributed by atoms with E-state index in [1.807, 2.05) is 24.3 Å². The third-order valence-electron chi connectivity index (χ3n) is 1.93. The zero-order valence-corrected chi connectivity index (χ0v) is 7.60. The van der Waals surface area contributed by atoms with Gasteiger partial charge in [-0.2, -0.15) is 5.11 Å². The van der Waals surface area contributed by atoms with Crippen LogP contribution in [0.1, 0.15) is 11.7 Å². The maximum atomic E-state index is 10.8.